The molecule has 102 valence electrons. The largest absolute Gasteiger partial charge is 0.491 e. The van der Waals surface area contributed by atoms with Gasteiger partial charge in [0.05, 0.1) is 6.10 Å². The van der Waals surface area contributed by atoms with E-state index in [1.165, 1.54) is 0 Å². The minimum Gasteiger partial charge on any atom is -0.491 e. The fourth-order valence-electron chi connectivity index (χ4n) is 2.06. The molecule has 0 aliphatic heterocycles. The number of hydrogen-bond acceptors (Lipinski definition) is 4. The van der Waals surface area contributed by atoms with E-state index in [0.717, 1.165) is 22.6 Å². The molecule has 0 radical (unpaired) electrons. The molecule has 0 unspecified atom stereocenters. The summed E-state index contributed by atoms with van der Waals surface area (Å²) in [6.07, 6.45) is 0.139. The number of benzene rings is 1. The Labute approximate surface area is 113 Å². The maximum Gasteiger partial charge on any atom is 0.172 e. The number of nitrogens with two attached hydrogens (primary N) is 1. The summed E-state index contributed by atoms with van der Waals surface area (Å²) in [5.74, 6) is 2.26. The van der Waals surface area contributed by atoms with Crippen LogP contribution in [-0.4, -0.2) is 11.3 Å². The van der Waals surface area contributed by atoms with Gasteiger partial charge in [-0.2, -0.15) is 0 Å². The summed E-state index contributed by atoms with van der Waals surface area (Å²) in [6, 6.07) is 7.79. The second-order valence-corrected chi connectivity index (χ2v) is 5.16. The molecule has 2 aromatic rings. The molecule has 0 saturated heterocycles. The van der Waals surface area contributed by atoms with Crippen molar-refractivity contribution in [2.24, 2.45) is 0 Å². The van der Waals surface area contributed by atoms with Crippen molar-refractivity contribution in [2.45, 2.75) is 39.7 Å². The highest BCUT2D eigenvalue weighted by Crippen LogP contribution is 2.34. The van der Waals surface area contributed by atoms with E-state index in [0.29, 0.717) is 5.82 Å². The van der Waals surface area contributed by atoms with Gasteiger partial charge in [-0.05, 0) is 31.9 Å². The first kappa shape index (κ1) is 13.5. The van der Waals surface area contributed by atoms with Crippen molar-refractivity contribution in [1.82, 2.24) is 5.16 Å². The van der Waals surface area contributed by atoms with Gasteiger partial charge in [0.1, 0.15) is 5.75 Å². The van der Waals surface area contributed by atoms with Crippen molar-refractivity contribution in [3.05, 3.63) is 29.8 Å². The van der Waals surface area contributed by atoms with Crippen LogP contribution in [0.5, 0.6) is 5.75 Å². The number of rotatable bonds is 4. The van der Waals surface area contributed by atoms with E-state index in [1.54, 1.807) is 0 Å². The second kappa shape index (κ2) is 5.34. The van der Waals surface area contributed by atoms with Crippen LogP contribution < -0.4 is 10.5 Å². The molecule has 2 N–H and O–H groups in total. The topological polar surface area (TPSA) is 61.3 Å². The first-order valence-electron chi connectivity index (χ1n) is 6.51. The van der Waals surface area contributed by atoms with Crippen LogP contribution in [0, 0.1) is 0 Å². The van der Waals surface area contributed by atoms with Crippen molar-refractivity contribution >= 4 is 5.82 Å². The Morgan fingerprint density at radius 1 is 1.21 bits per heavy atom. The van der Waals surface area contributed by atoms with Crippen molar-refractivity contribution in [1.29, 1.82) is 0 Å². The molecule has 0 bridgehead atoms. The van der Waals surface area contributed by atoms with Crippen molar-refractivity contribution < 1.29 is 9.26 Å². The smallest absolute Gasteiger partial charge is 0.172 e. The fraction of sp³-hybridized carbons (Fsp3) is 0.400. The molecule has 0 amide bonds. The quantitative estimate of drug-likeness (QED) is 0.907. The lowest BCUT2D eigenvalue weighted by Crippen LogP contribution is -2.05. The van der Waals surface area contributed by atoms with Gasteiger partial charge in [-0.3, -0.25) is 0 Å². The average Bonchev–Trinajstić information content (AvgIpc) is 2.70. The molecular weight excluding hydrogens is 240 g/mol. The molecule has 1 aromatic heterocycles. The Morgan fingerprint density at radius 3 is 2.58 bits per heavy atom. The second-order valence-electron chi connectivity index (χ2n) is 5.16. The molecule has 0 aliphatic rings. The van der Waals surface area contributed by atoms with Crippen LogP contribution in [0.1, 0.15) is 39.2 Å². The Balaban J connectivity index is 2.42. The molecule has 4 nitrogen and oxygen atoms in total. The van der Waals surface area contributed by atoms with E-state index in [2.05, 4.69) is 19.0 Å². The van der Waals surface area contributed by atoms with E-state index in [-0.39, 0.29) is 12.0 Å². The molecule has 0 spiro atoms. The molecule has 2 rings (SSSR count). The van der Waals surface area contributed by atoms with Gasteiger partial charge in [0.15, 0.2) is 11.6 Å². The van der Waals surface area contributed by atoms with Crippen molar-refractivity contribution in [3.8, 4) is 17.1 Å². The number of aromatic nitrogens is 1. The van der Waals surface area contributed by atoms with Gasteiger partial charge in [-0.25, -0.2) is 0 Å². The standard InChI is InChI=1S/C15H20N2O2/c1-9(2)13-14(19-17-15(13)16)11-6-5-7-12(8-11)18-10(3)4/h5-10H,1-4H3,(H2,16,17). The van der Waals surface area contributed by atoms with Gasteiger partial charge in [-0.1, -0.05) is 31.1 Å². The first-order valence-corrected chi connectivity index (χ1v) is 6.51. The minimum absolute atomic E-state index is 0.139. The summed E-state index contributed by atoms with van der Waals surface area (Å²) in [4.78, 5) is 0. The summed E-state index contributed by atoms with van der Waals surface area (Å²) in [6.45, 7) is 8.14. The third-order valence-electron chi connectivity index (χ3n) is 2.80. The molecule has 0 fully saturated rings. The Bertz CT molecular complexity index is 559. The van der Waals surface area contributed by atoms with E-state index in [1.807, 2.05) is 38.1 Å². The molecule has 1 heterocycles. The van der Waals surface area contributed by atoms with Crippen LogP contribution in [0.15, 0.2) is 28.8 Å². The van der Waals surface area contributed by atoms with Crippen molar-refractivity contribution in [2.75, 3.05) is 5.73 Å². The van der Waals surface area contributed by atoms with E-state index < -0.39 is 0 Å². The van der Waals surface area contributed by atoms with Gasteiger partial charge < -0.3 is 15.0 Å². The Kier molecular flexibility index (Phi) is 3.79. The molecule has 0 saturated carbocycles. The first-order chi connectivity index (χ1) is 8.99. The summed E-state index contributed by atoms with van der Waals surface area (Å²) < 4.78 is 11.1. The zero-order valence-corrected chi connectivity index (χ0v) is 11.8. The molecule has 0 aliphatic carbocycles. The summed E-state index contributed by atoms with van der Waals surface area (Å²) in [7, 11) is 0. The van der Waals surface area contributed by atoms with Gasteiger partial charge in [0, 0.05) is 11.1 Å². The highest BCUT2D eigenvalue weighted by atomic mass is 16.5. The minimum atomic E-state index is 0.139. The van der Waals surface area contributed by atoms with Crippen LogP contribution in [-0.2, 0) is 0 Å². The highest BCUT2D eigenvalue weighted by molar-refractivity contribution is 5.68. The maximum absolute atomic E-state index is 5.86. The van der Waals surface area contributed by atoms with E-state index in [4.69, 9.17) is 15.0 Å². The molecule has 19 heavy (non-hydrogen) atoms. The molecule has 1 aromatic carbocycles. The van der Waals surface area contributed by atoms with Crippen LogP contribution in [0.3, 0.4) is 0 Å². The van der Waals surface area contributed by atoms with Crippen molar-refractivity contribution in [3.63, 3.8) is 0 Å². The van der Waals surface area contributed by atoms with Crippen LogP contribution in [0.2, 0.25) is 0 Å². The molecule has 0 atom stereocenters. The van der Waals surface area contributed by atoms with Gasteiger partial charge in [-0.15, -0.1) is 0 Å². The summed E-state index contributed by atoms with van der Waals surface area (Å²) in [5.41, 5.74) is 7.74. The predicted molar refractivity (Wildman–Crippen MR) is 76.2 cm³/mol. The Hall–Kier alpha value is -1.97. The zero-order chi connectivity index (χ0) is 14.0. The lowest BCUT2D eigenvalue weighted by atomic mass is 9.99. The van der Waals surface area contributed by atoms with Crippen LogP contribution in [0.4, 0.5) is 5.82 Å². The zero-order valence-electron chi connectivity index (χ0n) is 11.8. The number of nitrogens with zero attached hydrogens (tertiary/aromatic N) is 1. The summed E-state index contributed by atoms with van der Waals surface area (Å²) >= 11 is 0. The number of anilines is 1. The predicted octanol–water partition coefficient (Wildman–Crippen LogP) is 3.83. The highest BCUT2D eigenvalue weighted by Gasteiger charge is 2.18. The Morgan fingerprint density at radius 2 is 1.95 bits per heavy atom. The van der Waals surface area contributed by atoms with Crippen LogP contribution in [0.25, 0.3) is 11.3 Å². The third-order valence-corrected chi connectivity index (χ3v) is 2.80. The third kappa shape index (κ3) is 2.89. The van der Waals surface area contributed by atoms with Gasteiger partial charge in [0.25, 0.3) is 0 Å². The monoisotopic (exact) mass is 260 g/mol. The van der Waals surface area contributed by atoms with E-state index in [9.17, 15) is 0 Å². The van der Waals surface area contributed by atoms with E-state index >= 15 is 0 Å². The normalized spacial score (nSPS) is 11.3. The average molecular weight is 260 g/mol. The SMILES string of the molecule is CC(C)Oc1cccc(-c2onc(N)c2C(C)C)c1. The van der Waals surface area contributed by atoms with Gasteiger partial charge >= 0.3 is 0 Å². The number of hydrogen-bond donors (Lipinski definition) is 1. The molecule has 4 heteroatoms. The molecular formula is C15H20N2O2. The fourth-order valence-corrected chi connectivity index (χ4v) is 2.06. The number of ether oxygens (including phenoxy) is 1. The summed E-state index contributed by atoms with van der Waals surface area (Å²) in [5, 5.41) is 3.87. The number of nitrogen functional groups attached to an aromatic ring is 1. The maximum atomic E-state index is 5.86. The lowest BCUT2D eigenvalue weighted by molar-refractivity contribution is 0.242. The lowest BCUT2D eigenvalue weighted by Gasteiger charge is -2.11. The van der Waals surface area contributed by atoms with Crippen LogP contribution >= 0.6 is 0 Å². The van der Waals surface area contributed by atoms with Gasteiger partial charge in [0.2, 0.25) is 0 Å².